The summed E-state index contributed by atoms with van der Waals surface area (Å²) in [5.74, 6) is -4.06. The Kier molecular flexibility index (Phi) is 2.86. The van der Waals surface area contributed by atoms with Gasteiger partial charge in [-0.15, -0.1) is 0 Å². The molecule has 1 N–H and O–H groups in total. The van der Waals surface area contributed by atoms with Gasteiger partial charge in [0.15, 0.2) is 27.9 Å². The van der Waals surface area contributed by atoms with Crippen LogP contribution in [-0.4, -0.2) is 14.5 Å². The molecule has 2 heterocycles. The fourth-order valence-corrected chi connectivity index (χ4v) is 2.31. The maximum Gasteiger partial charge on any atom is 0.194 e. The van der Waals surface area contributed by atoms with Gasteiger partial charge in [-0.25, -0.2) is 18.2 Å². The van der Waals surface area contributed by atoms with Gasteiger partial charge in [-0.3, -0.25) is 4.57 Å². The highest BCUT2D eigenvalue weighted by Gasteiger charge is 2.14. The smallest absolute Gasteiger partial charge is 0.194 e. The van der Waals surface area contributed by atoms with E-state index in [1.807, 2.05) is 13.0 Å². The molecule has 0 spiro atoms. The van der Waals surface area contributed by atoms with E-state index in [0.29, 0.717) is 11.2 Å². The van der Waals surface area contributed by atoms with Gasteiger partial charge in [-0.1, -0.05) is 0 Å². The van der Waals surface area contributed by atoms with Crippen LogP contribution in [0.1, 0.15) is 5.56 Å². The summed E-state index contributed by atoms with van der Waals surface area (Å²) in [4.78, 5) is 7.08. The molecular weight excluding hydrogens is 287 g/mol. The van der Waals surface area contributed by atoms with Gasteiger partial charge < -0.3 is 4.98 Å². The molecule has 0 saturated heterocycles. The van der Waals surface area contributed by atoms with E-state index < -0.39 is 17.5 Å². The summed E-state index contributed by atoms with van der Waals surface area (Å²) in [7, 11) is 0. The molecule has 0 bridgehead atoms. The molecule has 3 rings (SSSR count). The van der Waals surface area contributed by atoms with Crippen molar-refractivity contribution < 1.29 is 13.2 Å². The molecule has 0 amide bonds. The lowest BCUT2D eigenvalue weighted by molar-refractivity contribution is 0.446. The number of H-pyrrole nitrogens is 1. The van der Waals surface area contributed by atoms with Crippen LogP contribution in [0.2, 0.25) is 0 Å². The molecule has 3 nitrogen and oxygen atoms in total. The topological polar surface area (TPSA) is 33.6 Å². The summed E-state index contributed by atoms with van der Waals surface area (Å²) in [5, 5.41) is 0. The zero-order chi connectivity index (χ0) is 14.4. The standard InChI is InChI=1S/C13H8F3N3S/c1-6-2-10-12(17-5-6)19(13(20)18-10)7-3-8(14)11(16)9(15)4-7/h2-5H,1H3,(H,18,20). The number of halogens is 3. The first kappa shape index (κ1) is 12.9. The highest BCUT2D eigenvalue weighted by atomic mass is 32.1. The number of fused-ring (bicyclic) bond motifs is 1. The Morgan fingerprint density at radius 1 is 1.15 bits per heavy atom. The van der Waals surface area contributed by atoms with Crippen LogP contribution in [0.25, 0.3) is 16.9 Å². The van der Waals surface area contributed by atoms with Crippen LogP contribution in [-0.2, 0) is 0 Å². The average molecular weight is 295 g/mol. The molecule has 0 aliphatic rings. The van der Waals surface area contributed by atoms with E-state index >= 15 is 0 Å². The van der Waals surface area contributed by atoms with Crippen molar-refractivity contribution in [3.05, 3.63) is 52.2 Å². The van der Waals surface area contributed by atoms with Crippen molar-refractivity contribution >= 4 is 23.4 Å². The third-order valence-corrected chi connectivity index (χ3v) is 3.17. The van der Waals surface area contributed by atoms with Gasteiger partial charge in [-0.2, -0.15) is 0 Å². The van der Waals surface area contributed by atoms with E-state index in [4.69, 9.17) is 12.2 Å². The average Bonchev–Trinajstić information content (AvgIpc) is 2.70. The third-order valence-electron chi connectivity index (χ3n) is 2.89. The molecule has 7 heteroatoms. The van der Waals surface area contributed by atoms with Gasteiger partial charge in [0.1, 0.15) is 0 Å². The largest absolute Gasteiger partial charge is 0.329 e. The first-order valence-electron chi connectivity index (χ1n) is 5.69. The maximum absolute atomic E-state index is 13.3. The van der Waals surface area contributed by atoms with Crippen LogP contribution < -0.4 is 0 Å². The lowest BCUT2D eigenvalue weighted by Gasteiger charge is -2.05. The normalized spacial score (nSPS) is 11.2. The number of aromatic amines is 1. The Hall–Kier alpha value is -2.15. The number of benzene rings is 1. The molecule has 3 aromatic rings. The zero-order valence-electron chi connectivity index (χ0n) is 10.2. The summed E-state index contributed by atoms with van der Waals surface area (Å²) >= 11 is 5.13. The van der Waals surface area contributed by atoms with Gasteiger partial charge in [0.25, 0.3) is 0 Å². The van der Waals surface area contributed by atoms with Crippen LogP contribution in [0.5, 0.6) is 0 Å². The molecular formula is C13H8F3N3S. The molecule has 0 saturated carbocycles. The first-order valence-corrected chi connectivity index (χ1v) is 6.10. The highest BCUT2D eigenvalue weighted by molar-refractivity contribution is 7.71. The summed E-state index contributed by atoms with van der Waals surface area (Å²) < 4.78 is 41.3. The number of hydrogen-bond acceptors (Lipinski definition) is 2. The van der Waals surface area contributed by atoms with Crippen molar-refractivity contribution in [3.8, 4) is 5.69 Å². The van der Waals surface area contributed by atoms with E-state index in [2.05, 4.69) is 9.97 Å². The Morgan fingerprint density at radius 3 is 2.45 bits per heavy atom. The summed E-state index contributed by atoms with van der Waals surface area (Å²) in [6, 6.07) is 3.57. The van der Waals surface area contributed by atoms with Crippen LogP contribution in [0.15, 0.2) is 24.4 Å². The van der Waals surface area contributed by atoms with Crippen molar-refractivity contribution in [2.45, 2.75) is 6.92 Å². The number of aryl methyl sites for hydroxylation is 1. The minimum absolute atomic E-state index is 0.0778. The summed E-state index contributed by atoms with van der Waals surface area (Å²) in [6.07, 6.45) is 1.61. The number of nitrogens with zero attached hydrogens (tertiary/aromatic N) is 2. The molecule has 0 atom stereocenters. The van der Waals surface area contributed by atoms with E-state index in [1.165, 1.54) is 4.57 Å². The number of nitrogens with one attached hydrogen (secondary N) is 1. The maximum atomic E-state index is 13.3. The van der Waals surface area contributed by atoms with E-state index in [9.17, 15) is 13.2 Å². The van der Waals surface area contributed by atoms with Crippen molar-refractivity contribution in [2.24, 2.45) is 0 Å². The molecule has 20 heavy (non-hydrogen) atoms. The van der Waals surface area contributed by atoms with E-state index in [0.717, 1.165) is 17.7 Å². The van der Waals surface area contributed by atoms with Gasteiger partial charge in [0.05, 0.1) is 11.2 Å². The van der Waals surface area contributed by atoms with Gasteiger partial charge in [-0.05, 0) is 30.8 Å². The van der Waals surface area contributed by atoms with Gasteiger partial charge >= 0.3 is 0 Å². The summed E-state index contributed by atoms with van der Waals surface area (Å²) in [6.45, 7) is 1.86. The Labute approximate surface area is 116 Å². The predicted octanol–water partition coefficient (Wildman–Crippen LogP) is 3.81. The molecule has 0 aliphatic carbocycles. The minimum Gasteiger partial charge on any atom is -0.329 e. The third kappa shape index (κ3) is 1.90. The molecule has 0 aliphatic heterocycles. The second-order valence-corrected chi connectivity index (χ2v) is 4.76. The fraction of sp³-hybridized carbons (Fsp3) is 0.0769. The number of aromatic nitrogens is 3. The summed E-state index contributed by atoms with van der Waals surface area (Å²) in [5.41, 5.74) is 2.05. The van der Waals surface area contributed by atoms with Crippen LogP contribution in [0.4, 0.5) is 13.2 Å². The Morgan fingerprint density at radius 2 is 1.80 bits per heavy atom. The monoisotopic (exact) mass is 295 g/mol. The van der Waals surface area contributed by atoms with Crippen molar-refractivity contribution in [1.82, 2.24) is 14.5 Å². The van der Waals surface area contributed by atoms with Crippen LogP contribution in [0, 0.1) is 29.1 Å². The highest BCUT2D eigenvalue weighted by Crippen LogP contribution is 2.22. The first-order chi connectivity index (χ1) is 9.47. The molecule has 102 valence electrons. The molecule has 2 aromatic heterocycles. The van der Waals surface area contributed by atoms with Gasteiger partial charge in [0.2, 0.25) is 0 Å². The number of hydrogen-bond donors (Lipinski definition) is 1. The predicted molar refractivity (Wildman–Crippen MR) is 70.9 cm³/mol. The van der Waals surface area contributed by atoms with Gasteiger partial charge in [0, 0.05) is 18.3 Å². The Balaban J connectivity index is 2.35. The number of pyridine rings is 1. The van der Waals surface area contributed by atoms with Crippen LogP contribution >= 0.6 is 12.2 Å². The second kappa shape index (κ2) is 4.45. The van der Waals surface area contributed by atoms with E-state index in [1.54, 1.807) is 6.20 Å². The molecule has 0 fully saturated rings. The Bertz CT molecular complexity index is 859. The fourth-order valence-electron chi connectivity index (χ4n) is 2.01. The molecule has 1 aromatic carbocycles. The number of rotatable bonds is 1. The van der Waals surface area contributed by atoms with Crippen molar-refractivity contribution in [1.29, 1.82) is 0 Å². The quantitative estimate of drug-likeness (QED) is 0.547. The molecule has 0 radical (unpaired) electrons. The second-order valence-electron chi connectivity index (χ2n) is 4.37. The zero-order valence-corrected chi connectivity index (χ0v) is 11.1. The molecule has 0 unspecified atom stereocenters. The van der Waals surface area contributed by atoms with E-state index in [-0.39, 0.29) is 10.5 Å². The van der Waals surface area contributed by atoms with Crippen molar-refractivity contribution in [2.75, 3.05) is 0 Å². The lowest BCUT2D eigenvalue weighted by Crippen LogP contribution is -2.00. The minimum atomic E-state index is -1.51. The lowest BCUT2D eigenvalue weighted by atomic mass is 10.2. The van der Waals surface area contributed by atoms with Crippen LogP contribution in [0.3, 0.4) is 0 Å². The number of imidazole rings is 1. The van der Waals surface area contributed by atoms with Crippen molar-refractivity contribution in [3.63, 3.8) is 0 Å². The SMILES string of the molecule is Cc1cnc2c(c1)[nH]c(=S)n2-c1cc(F)c(F)c(F)c1.